The van der Waals surface area contributed by atoms with E-state index in [4.69, 9.17) is 0 Å². The minimum Gasteiger partial charge on any atom is -0.336 e. The van der Waals surface area contributed by atoms with E-state index in [0.717, 1.165) is 20.8 Å². The van der Waals surface area contributed by atoms with Gasteiger partial charge in [0.05, 0.1) is 32.7 Å². The topological polar surface area (TPSA) is 102 Å². The molecule has 0 N–H and O–H groups in total. The summed E-state index contributed by atoms with van der Waals surface area (Å²) in [7, 11) is 1.78. The Morgan fingerprint density at radius 3 is 0.386 bits per heavy atom. The van der Waals surface area contributed by atoms with Crippen LogP contribution >= 0.6 is 0 Å². The fraction of sp³-hybridized carbons (Fsp3) is 0.732. The summed E-state index contributed by atoms with van der Waals surface area (Å²) in [4.78, 5) is 53.6. The maximum absolute atomic E-state index is 13.5. The average Bonchev–Trinajstić information content (AvgIpc) is 0.723. The SMILES string of the molecule is C=C(C)C(=O)N(C)CC(F)(F)C(F)(F)C(F)(F)C(F)(F)C(F)(F)C(F)(F)F.C=C(C)C(=O)N(C)CC(F)(F)C(F)(F)C(F)(F)C(F)(F)C(F)(F)C(F)(F)F.C=C(C)C(=O)N(C)CC(F)(F)C(F)(F)C(F)(F)C(F)(F)F.C=CC(=O)N(C)CC(F)(F)C(F)(F)C(F)(F)C(F)(F)C(F)(F)C(F)(F)F.C=CC(=O)N(C)CC(F)(F)C(F)(F)C(F)(F)C(F)(F)C(F)(F)C(F)(F)F. The quantitative estimate of drug-likeness (QED) is 0.0481. The Labute approximate surface area is 663 Å². The molecule has 0 saturated heterocycles. The standard InChI is InChI=1S/2C12H10F13NO.2C11H8F13NO.C10H10F9NO/c2*1-5(2)6(27)26(3)4-7(13,14)8(15,16)9(17,18)10(19,20)11(21,22)12(23,24)25;2*1-3-5(26)25(2)4-6(12,13)7(14,15)8(16,17)9(18,19)10(20,21)11(22,23)24;1-5(2)6(21)20(3)4-7(11,12)8(13,14)9(15,16)10(17,18)19/h2*1,4H2,2-3H3;2*3H,1,4H2,2H3;1,4H2,2-3H3. The summed E-state index contributed by atoms with van der Waals surface area (Å²) in [5, 5.41) is 0. The van der Waals surface area contributed by atoms with Crippen molar-refractivity contribution in [2.75, 3.05) is 68.0 Å². The zero-order chi connectivity index (χ0) is 105. The molecule has 0 saturated carbocycles. The first kappa shape index (κ1) is 127. The molecule has 0 radical (unpaired) electrons. The van der Waals surface area contributed by atoms with E-state index < -0.39 is 250 Å². The molecule has 71 heteroatoms. The predicted octanol–water partition coefficient (Wildman–Crippen LogP) is 21.7. The van der Waals surface area contributed by atoms with Crippen molar-refractivity contribution in [1.82, 2.24) is 24.5 Å². The van der Waals surface area contributed by atoms with Crippen molar-refractivity contribution in [3.63, 3.8) is 0 Å². The molecule has 0 heterocycles. The van der Waals surface area contributed by atoms with Crippen molar-refractivity contribution in [3.05, 3.63) is 61.8 Å². The highest BCUT2D eigenvalue weighted by atomic mass is 19.5. The monoisotopic (exact) mass is 2030 g/mol. The lowest BCUT2D eigenvalue weighted by atomic mass is 9.93. The molecule has 752 valence electrons. The summed E-state index contributed by atoms with van der Waals surface area (Å²) in [5.74, 6) is -176. The highest BCUT2D eigenvalue weighted by Crippen LogP contribution is 2.66. The molecular formula is C56H46F61N5O5. The number of carbonyl (C=O) groups excluding carboxylic acids is 5. The van der Waals surface area contributed by atoms with Crippen LogP contribution in [0.5, 0.6) is 0 Å². The Morgan fingerprint density at radius 2 is 0.283 bits per heavy atom. The van der Waals surface area contributed by atoms with Crippen molar-refractivity contribution < 1.29 is 292 Å². The third kappa shape index (κ3) is 23.4. The molecule has 0 fully saturated rings. The van der Waals surface area contributed by atoms with Crippen LogP contribution in [-0.4, -0.2) is 289 Å². The maximum atomic E-state index is 13.5. The molecule has 0 atom stereocenters. The molecule has 10 nitrogen and oxygen atoms in total. The van der Waals surface area contributed by atoms with Gasteiger partial charge < -0.3 is 24.5 Å². The lowest BCUT2D eigenvalue weighted by Gasteiger charge is -2.40. The van der Waals surface area contributed by atoms with Gasteiger partial charge in [0.15, 0.2) is 0 Å². The van der Waals surface area contributed by atoms with Gasteiger partial charge in [-0.1, -0.05) is 32.9 Å². The van der Waals surface area contributed by atoms with Crippen LogP contribution in [-0.2, 0) is 24.0 Å². The van der Waals surface area contributed by atoms with Gasteiger partial charge in [-0.05, 0) is 32.9 Å². The van der Waals surface area contributed by atoms with Crippen LogP contribution in [0.15, 0.2) is 61.8 Å². The Hall–Kier alpha value is -8.22. The van der Waals surface area contributed by atoms with E-state index in [0.29, 0.717) is 35.2 Å². The fourth-order valence-electron chi connectivity index (χ4n) is 7.26. The molecule has 127 heavy (non-hydrogen) atoms. The highest BCUT2D eigenvalue weighted by Gasteiger charge is 2.95. The molecular weight excluding hydrogens is 1980 g/mol. The van der Waals surface area contributed by atoms with Gasteiger partial charge >= 0.3 is 167 Å². The second-order valence-corrected chi connectivity index (χ2v) is 25.0. The third-order valence-corrected chi connectivity index (χ3v) is 14.6. The summed E-state index contributed by atoms with van der Waals surface area (Å²) < 4.78 is 779. The van der Waals surface area contributed by atoms with Gasteiger partial charge in [-0.3, -0.25) is 24.0 Å². The van der Waals surface area contributed by atoms with Crippen molar-refractivity contribution in [2.24, 2.45) is 0 Å². The third-order valence-electron chi connectivity index (χ3n) is 14.6. The van der Waals surface area contributed by atoms with Crippen molar-refractivity contribution in [3.8, 4) is 0 Å². The Bertz CT molecular complexity index is 3630. The second-order valence-electron chi connectivity index (χ2n) is 25.0. The summed E-state index contributed by atoms with van der Waals surface area (Å²) in [6.45, 7) is 3.76. The van der Waals surface area contributed by atoms with E-state index in [1.165, 1.54) is 0 Å². The summed E-state index contributed by atoms with van der Waals surface area (Å²) in [5.41, 5.74) is -1.56. The lowest BCUT2D eigenvalue weighted by Crippen LogP contribution is -2.71. The first-order valence-corrected chi connectivity index (χ1v) is 29.7. The van der Waals surface area contributed by atoms with Gasteiger partial charge in [0.1, 0.15) is 0 Å². The highest BCUT2D eigenvalue weighted by molar-refractivity contribution is 5.93. The van der Waals surface area contributed by atoms with Gasteiger partial charge in [0.2, 0.25) is 29.5 Å². The molecule has 0 rings (SSSR count). The molecule has 0 aliphatic carbocycles. The van der Waals surface area contributed by atoms with Crippen molar-refractivity contribution in [1.29, 1.82) is 0 Å². The van der Waals surface area contributed by atoms with Gasteiger partial charge in [-0.25, -0.2) is 0 Å². The summed E-state index contributed by atoms with van der Waals surface area (Å²) in [6, 6.07) is 0. The van der Waals surface area contributed by atoms with Gasteiger partial charge in [-0.2, -0.15) is 268 Å². The van der Waals surface area contributed by atoms with Crippen LogP contribution < -0.4 is 0 Å². The number of rotatable bonds is 33. The first-order chi connectivity index (χ1) is 54.2. The van der Waals surface area contributed by atoms with Crippen LogP contribution in [0.1, 0.15) is 20.8 Å². The zero-order valence-electron chi connectivity index (χ0n) is 61.6. The van der Waals surface area contributed by atoms with Crippen molar-refractivity contribution in [2.45, 2.75) is 188 Å². The minimum absolute atomic E-state index is 0.122. The number of likely N-dealkylation sites (N-methyl/N-ethyl adjacent to an activating group) is 5. The van der Waals surface area contributed by atoms with Gasteiger partial charge in [0, 0.05) is 52.0 Å². The number of nitrogens with zero attached hydrogens (tertiary/aromatic N) is 5. The number of hydrogen-bond donors (Lipinski definition) is 0. The Balaban J connectivity index is -0.000000490. The van der Waals surface area contributed by atoms with E-state index >= 15 is 0 Å². The second kappa shape index (κ2) is 37.9. The number of halogens is 61. The zero-order valence-corrected chi connectivity index (χ0v) is 61.6. The molecule has 0 bridgehead atoms. The van der Waals surface area contributed by atoms with E-state index in [9.17, 15) is 292 Å². The molecule has 0 aromatic rings. The van der Waals surface area contributed by atoms with E-state index in [2.05, 4.69) is 32.9 Å². The molecule has 0 spiro atoms. The number of alkyl halides is 61. The van der Waals surface area contributed by atoms with Crippen molar-refractivity contribution >= 4 is 29.5 Å². The van der Waals surface area contributed by atoms with Crippen LogP contribution in [0.2, 0.25) is 0 Å². The van der Waals surface area contributed by atoms with Crippen LogP contribution in [0.3, 0.4) is 0 Å². The average molecular weight is 2030 g/mol. The number of amides is 5. The minimum atomic E-state index is -7.96. The molecule has 0 unspecified atom stereocenters. The van der Waals surface area contributed by atoms with Crippen LogP contribution in [0.25, 0.3) is 0 Å². The predicted molar refractivity (Wildman–Crippen MR) is 297 cm³/mol. The fourth-order valence-corrected chi connectivity index (χ4v) is 7.26. The summed E-state index contributed by atoms with van der Waals surface area (Å²) in [6.07, 6.45) is -36.3. The molecule has 0 aliphatic rings. The number of hydrogen-bond acceptors (Lipinski definition) is 5. The first-order valence-electron chi connectivity index (χ1n) is 29.7. The number of carbonyl (C=O) groups is 5. The van der Waals surface area contributed by atoms with Crippen LogP contribution in [0.4, 0.5) is 268 Å². The molecule has 0 aromatic carbocycles. The Morgan fingerprint density at radius 1 is 0.189 bits per heavy atom. The molecule has 5 amide bonds. The van der Waals surface area contributed by atoms with Gasteiger partial charge in [-0.15, -0.1) is 0 Å². The lowest BCUT2D eigenvalue weighted by molar-refractivity contribution is -0.439. The smallest absolute Gasteiger partial charge is 0.336 e. The largest absolute Gasteiger partial charge is 0.460 e. The molecule has 0 aromatic heterocycles. The normalized spacial score (nSPS) is 14.8. The van der Waals surface area contributed by atoms with E-state index in [1.54, 1.807) is 0 Å². The summed E-state index contributed by atoms with van der Waals surface area (Å²) >= 11 is 0. The maximum Gasteiger partial charge on any atom is 0.460 e. The van der Waals surface area contributed by atoms with E-state index in [1.807, 2.05) is 0 Å². The molecule has 0 aliphatic heterocycles. The van der Waals surface area contributed by atoms with Gasteiger partial charge in [0.25, 0.3) is 0 Å². The van der Waals surface area contributed by atoms with Crippen LogP contribution in [0, 0.1) is 0 Å². The van der Waals surface area contributed by atoms with E-state index in [-0.39, 0.29) is 32.4 Å². The Kier molecular flexibility index (Phi) is 38.0.